The topological polar surface area (TPSA) is 37.4 Å². The van der Waals surface area contributed by atoms with Crippen LogP contribution in [-0.4, -0.2) is 37.6 Å². The molecule has 1 aromatic heterocycles. The van der Waals surface area contributed by atoms with E-state index < -0.39 is 0 Å². The Hall–Kier alpha value is -2.14. The molecule has 0 fully saturated rings. The third-order valence-electron chi connectivity index (χ3n) is 3.32. The molecule has 1 heterocycles. The van der Waals surface area contributed by atoms with E-state index in [0.717, 1.165) is 11.3 Å². The smallest absolute Gasteiger partial charge is 0.165 e. The Bertz CT molecular complexity index is 589. The van der Waals surface area contributed by atoms with Gasteiger partial charge in [0.25, 0.3) is 0 Å². The molecular formula is C16H20FN3O. The van der Waals surface area contributed by atoms with Crippen LogP contribution in [0.2, 0.25) is 0 Å². The molecule has 2 rings (SSSR count). The number of likely N-dealkylation sites (N-methyl/N-ethyl adjacent to an activating group) is 1. The van der Waals surface area contributed by atoms with Crippen molar-refractivity contribution in [1.82, 2.24) is 9.88 Å². The third-order valence-corrected chi connectivity index (χ3v) is 3.32. The van der Waals surface area contributed by atoms with E-state index in [4.69, 9.17) is 4.74 Å². The van der Waals surface area contributed by atoms with Crippen LogP contribution in [0.25, 0.3) is 0 Å². The van der Waals surface area contributed by atoms with Gasteiger partial charge in [0.05, 0.1) is 13.2 Å². The first-order valence-electron chi connectivity index (χ1n) is 6.76. The highest BCUT2D eigenvalue weighted by atomic mass is 19.1. The van der Waals surface area contributed by atoms with Gasteiger partial charge >= 0.3 is 0 Å². The summed E-state index contributed by atoms with van der Waals surface area (Å²) in [4.78, 5) is 6.08. The van der Waals surface area contributed by atoms with E-state index in [9.17, 15) is 4.39 Å². The fourth-order valence-electron chi connectivity index (χ4n) is 2.16. The van der Waals surface area contributed by atoms with Crippen LogP contribution in [0.5, 0.6) is 5.75 Å². The number of anilines is 1. The van der Waals surface area contributed by atoms with Gasteiger partial charge in [-0.25, -0.2) is 9.37 Å². The minimum Gasteiger partial charge on any atom is -0.497 e. The molecule has 0 saturated heterocycles. The zero-order chi connectivity index (χ0) is 15.2. The van der Waals surface area contributed by atoms with Crippen LogP contribution >= 0.6 is 0 Å². The quantitative estimate of drug-likeness (QED) is 0.887. The van der Waals surface area contributed by atoms with Gasteiger partial charge in [-0.3, -0.25) is 0 Å². The highest BCUT2D eigenvalue weighted by Crippen LogP contribution is 2.23. The van der Waals surface area contributed by atoms with E-state index in [0.29, 0.717) is 6.54 Å². The van der Waals surface area contributed by atoms with Gasteiger partial charge in [-0.1, -0.05) is 12.1 Å². The van der Waals surface area contributed by atoms with Crippen molar-refractivity contribution < 1.29 is 9.13 Å². The molecule has 0 radical (unpaired) electrons. The molecule has 0 aliphatic heterocycles. The molecule has 112 valence electrons. The summed E-state index contributed by atoms with van der Waals surface area (Å²) in [6, 6.07) is 10.9. The average molecular weight is 289 g/mol. The summed E-state index contributed by atoms with van der Waals surface area (Å²) < 4.78 is 18.9. The van der Waals surface area contributed by atoms with Crippen molar-refractivity contribution in [3.63, 3.8) is 0 Å². The molecule has 1 N–H and O–H groups in total. The Balaban J connectivity index is 2.14. The highest BCUT2D eigenvalue weighted by molar-refractivity contribution is 5.37. The van der Waals surface area contributed by atoms with Gasteiger partial charge in [0.2, 0.25) is 0 Å². The Morgan fingerprint density at radius 1 is 1.29 bits per heavy atom. The number of hydrogen-bond acceptors (Lipinski definition) is 4. The Kier molecular flexibility index (Phi) is 5.11. The van der Waals surface area contributed by atoms with Gasteiger partial charge in [0.1, 0.15) is 5.75 Å². The largest absolute Gasteiger partial charge is 0.497 e. The first-order valence-corrected chi connectivity index (χ1v) is 6.76. The molecule has 1 aromatic carbocycles. The number of nitrogens with zero attached hydrogens (tertiary/aromatic N) is 2. The second-order valence-electron chi connectivity index (χ2n) is 4.97. The van der Waals surface area contributed by atoms with Crippen molar-refractivity contribution in [1.29, 1.82) is 0 Å². The summed E-state index contributed by atoms with van der Waals surface area (Å²) in [5, 5.41) is 3.06. The van der Waals surface area contributed by atoms with Gasteiger partial charge in [-0.2, -0.15) is 0 Å². The zero-order valence-corrected chi connectivity index (χ0v) is 12.5. The van der Waals surface area contributed by atoms with Crippen LogP contribution in [0.3, 0.4) is 0 Å². The number of methoxy groups -OCH3 is 1. The fraction of sp³-hybridized carbons (Fsp3) is 0.312. The highest BCUT2D eigenvalue weighted by Gasteiger charge is 2.15. The first-order chi connectivity index (χ1) is 10.1. The molecule has 1 atom stereocenters. The van der Waals surface area contributed by atoms with Crippen molar-refractivity contribution in [3.8, 4) is 5.75 Å². The lowest BCUT2D eigenvalue weighted by Gasteiger charge is -2.25. The number of rotatable bonds is 6. The van der Waals surface area contributed by atoms with Crippen LogP contribution in [-0.2, 0) is 0 Å². The van der Waals surface area contributed by atoms with Gasteiger partial charge < -0.3 is 15.0 Å². The lowest BCUT2D eigenvalue weighted by Crippen LogP contribution is -2.27. The van der Waals surface area contributed by atoms with E-state index in [2.05, 4.69) is 15.2 Å². The summed E-state index contributed by atoms with van der Waals surface area (Å²) in [6.07, 6.45) is 1.57. The maximum Gasteiger partial charge on any atom is 0.165 e. The Morgan fingerprint density at radius 3 is 2.76 bits per heavy atom. The molecule has 5 heteroatoms. The maximum atomic E-state index is 13.6. The predicted octanol–water partition coefficient (Wildman–Crippen LogP) is 2.94. The SMILES string of the molecule is COc1cccc(C(CNc2ncccc2F)N(C)C)c1. The first kappa shape index (κ1) is 15.3. The van der Waals surface area contributed by atoms with E-state index in [1.165, 1.54) is 6.07 Å². The van der Waals surface area contributed by atoms with Crippen molar-refractivity contribution >= 4 is 5.82 Å². The van der Waals surface area contributed by atoms with Gasteiger partial charge in [0.15, 0.2) is 11.6 Å². The summed E-state index contributed by atoms with van der Waals surface area (Å²) in [6.45, 7) is 0.550. The summed E-state index contributed by atoms with van der Waals surface area (Å²) in [5.41, 5.74) is 1.10. The molecule has 4 nitrogen and oxygen atoms in total. The molecule has 21 heavy (non-hydrogen) atoms. The van der Waals surface area contributed by atoms with E-state index >= 15 is 0 Å². The van der Waals surface area contributed by atoms with E-state index in [-0.39, 0.29) is 17.7 Å². The summed E-state index contributed by atoms with van der Waals surface area (Å²) >= 11 is 0. The second-order valence-corrected chi connectivity index (χ2v) is 4.97. The van der Waals surface area contributed by atoms with Crippen molar-refractivity contribution in [2.24, 2.45) is 0 Å². The number of pyridine rings is 1. The van der Waals surface area contributed by atoms with Crippen LogP contribution in [0, 0.1) is 5.82 Å². The standard InChI is InChI=1S/C16H20FN3O/c1-20(2)15(12-6-4-7-13(10-12)21-3)11-19-16-14(17)8-5-9-18-16/h4-10,15H,11H2,1-3H3,(H,18,19). The lowest BCUT2D eigenvalue weighted by atomic mass is 10.1. The number of aromatic nitrogens is 1. The minimum atomic E-state index is -0.347. The van der Waals surface area contributed by atoms with Crippen LogP contribution in [0.1, 0.15) is 11.6 Å². The molecule has 0 amide bonds. The number of nitrogens with one attached hydrogen (secondary N) is 1. The molecule has 0 saturated carbocycles. The zero-order valence-electron chi connectivity index (χ0n) is 12.5. The molecule has 2 aromatic rings. The minimum absolute atomic E-state index is 0.0847. The van der Waals surface area contributed by atoms with Gasteiger partial charge in [-0.05, 0) is 43.9 Å². The van der Waals surface area contributed by atoms with Crippen molar-refractivity contribution in [2.45, 2.75) is 6.04 Å². The Labute approximate surface area is 124 Å². The summed E-state index contributed by atoms with van der Waals surface area (Å²) in [5.74, 6) is 0.733. The van der Waals surface area contributed by atoms with Crippen molar-refractivity contribution in [2.75, 3.05) is 33.1 Å². The number of benzene rings is 1. The molecule has 0 aliphatic carbocycles. The molecule has 0 spiro atoms. The Morgan fingerprint density at radius 2 is 2.10 bits per heavy atom. The third kappa shape index (κ3) is 3.92. The number of halogens is 1. The monoisotopic (exact) mass is 289 g/mol. The summed E-state index contributed by atoms with van der Waals surface area (Å²) in [7, 11) is 5.62. The fourth-order valence-corrected chi connectivity index (χ4v) is 2.16. The van der Waals surface area contributed by atoms with Crippen molar-refractivity contribution in [3.05, 3.63) is 54.0 Å². The molecule has 0 bridgehead atoms. The lowest BCUT2D eigenvalue weighted by molar-refractivity contribution is 0.310. The van der Waals surface area contributed by atoms with Crippen LogP contribution in [0.15, 0.2) is 42.6 Å². The van der Waals surface area contributed by atoms with Gasteiger partial charge in [-0.15, -0.1) is 0 Å². The second kappa shape index (κ2) is 7.04. The molecule has 1 unspecified atom stereocenters. The number of ether oxygens (including phenoxy) is 1. The van der Waals surface area contributed by atoms with Crippen LogP contribution < -0.4 is 10.1 Å². The average Bonchev–Trinajstić information content (AvgIpc) is 2.49. The normalized spacial score (nSPS) is 12.2. The molecular weight excluding hydrogens is 269 g/mol. The van der Waals surface area contributed by atoms with E-state index in [1.54, 1.807) is 19.4 Å². The number of hydrogen-bond donors (Lipinski definition) is 1. The van der Waals surface area contributed by atoms with E-state index in [1.807, 2.05) is 38.4 Å². The predicted molar refractivity (Wildman–Crippen MR) is 82.1 cm³/mol. The molecule has 0 aliphatic rings. The van der Waals surface area contributed by atoms with Crippen LogP contribution in [0.4, 0.5) is 10.2 Å². The van der Waals surface area contributed by atoms with Gasteiger partial charge in [0, 0.05) is 12.7 Å². The maximum absolute atomic E-state index is 13.6.